The summed E-state index contributed by atoms with van der Waals surface area (Å²) in [5.74, 6) is 0.135. The van der Waals surface area contributed by atoms with Crippen molar-refractivity contribution in [3.8, 4) is 0 Å². The number of benzene rings is 3. The number of nitrogens with zero attached hydrogens (tertiary/aromatic N) is 3. The number of likely N-dealkylation sites (tertiary alicyclic amines) is 2. The summed E-state index contributed by atoms with van der Waals surface area (Å²) in [6, 6.07) is 26.1. The fourth-order valence-electron chi connectivity index (χ4n) is 7.70. The number of β-amino-alcohol motifs (C(OH)–C–C–N with tert-alkyl or cyclic N) is 1. The lowest BCUT2D eigenvalue weighted by Crippen LogP contribution is -2.50. The van der Waals surface area contributed by atoms with Gasteiger partial charge in [-0.25, -0.2) is 8.42 Å². The van der Waals surface area contributed by atoms with E-state index in [1.807, 2.05) is 70.5 Å². The molecule has 6 rings (SSSR count). The monoisotopic (exact) mass is 643 g/mol. The van der Waals surface area contributed by atoms with E-state index in [2.05, 4.69) is 4.90 Å². The van der Waals surface area contributed by atoms with Gasteiger partial charge in [-0.05, 0) is 61.1 Å². The maximum atomic E-state index is 13.8. The summed E-state index contributed by atoms with van der Waals surface area (Å²) in [5.41, 5.74) is 1.38. The normalized spacial score (nSPS) is 23.1. The average molecular weight is 644 g/mol. The molecule has 2 heterocycles. The highest BCUT2D eigenvalue weighted by Crippen LogP contribution is 2.40. The number of piperidine rings is 1. The molecule has 1 N–H and O–H groups in total. The van der Waals surface area contributed by atoms with E-state index in [1.165, 1.54) is 6.26 Å². The predicted octanol–water partition coefficient (Wildman–Crippen LogP) is 4.67. The summed E-state index contributed by atoms with van der Waals surface area (Å²) < 4.78 is 23.8. The first-order chi connectivity index (χ1) is 22.1. The van der Waals surface area contributed by atoms with E-state index in [9.17, 15) is 23.1 Å². The zero-order chi connectivity index (χ0) is 32.3. The van der Waals surface area contributed by atoms with E-state index in [1.54, 1.807) is 24.3 Å². The van der Waals surface area contributed by atoms with Gasteiger partial charge in [-0.2, -0.15) is 0 Å². The van der Waals surface area contributed by atoms with E-state index < -0.39 is 15.4 Å². The third-order valence-corrected chi connectivity index (χ3v) is 11.4. The lowest BCUT2D eigenvalue weighted by atomic mass is 9.83. The number of amides is 2. The Bertz CT molecular complexity index is 1600. The molecule has 1 aliphatic carbocycles. The average Bonchev–Trinajstić information content (AvgIpc) is 3.72. The largest absolute Gasteiger partial charge is 0.383 e. The highest BCUT2D eigenvalue weighted by atomic mass is 32.2. The van der Waals surface area contributed by atoms with Crippen LogP contribution in [0, 0.1) is 11.8 Å². The van der Waals surface area contributed by atoms with Crippen molar-refractivity contribution in [3.63, 3.8) is 0 Å². The molecule has 3 aliphatic rings. The van der Waals surface area contributed by atoms with Gasteiger partial charge in [-0.1, -0.05) is 73.5 Å². The van der Waals surface area contributed by atoms with Gasteiger partial charge in [0, 0.05) is 56.0 Å². The van der Waals surface area contributed by atoms with Gasteiger partial charge in [0.05, 0.1) is 17.9 Å². The van der Waals surface area contributed by atoms with Crippen LogP contribution in [-0.4, -0.2) is 80.2 Å². The number of carbonyl (C=O) groups is 2. The number of sulfone groups is 1. The van der Waals surface area contributed by atoms with Gasteiger partial charge < -0.3 is 19.8 Å². The van der Waals surface area contributed by atoms with Crippen molar-refractivity contribution in [1.29, 1.82) is 0 Å². The zero-order valence-electron chi connectivity index (χ0n) is 26.6. The summed E-state index contributed by atoms with van der Waals surface area (Å²) in [4.78, 5) is 33.7. The summed E-state index contributed by atoms with van der Waals surface area (Å²) in [5, 5.41) is 12.2. The molecule has 1 saturated carbocycles. The lowest BCUT2D eigenvalue weighted by molar-refractivity contribution is -0.135. The second kappa shape index (κ2) is 13.7. The molecular formula is C37H45N3O5S. The number of anilines is 1. The Morgan fingerprint density at radius 1 is 0.870 bits per heavy atom. The lowest BCUT2D eigenvalue weighted by Gasteiger charge is -2.40. The minimum Gasteiger partial charge on any atom is -0.383 e. The maximum Gasteiger partial charge on any atom is 0.231 e. The minimum atomic E-state index is -3.31. The molecule has 3 aromatic carbocycles. The van der Waals surface area contributed by atoms with Crippen molar-refractivity contribution >= 4 is 27.3 Å². The minimum absolute atomic E-state index is 0.0125. The zero-order valence-corrected chi connectivity index (χ0v) is 27.4. The molecule has 46 heavy (non-hydrogen) atoms. The van der Waals surface area contributed by atoms with Crippen molar-refractivity contribution in [1.82, 2.24) is 9.80 Å². The van der Waals surface area contributed by atoms with Crippen LogP contribution in [0.4, 0.5) is 5.69 Å². The Morgan fingerprint density at radius 2 is 1.48 bits per heavy atom. The van der Waals surface area contributed by atoms with Crippen molar-refractivity contribution in [3.05, 3.63) is 96.1 Å². The van der Waals surface area contributed by atoms with E-state index >= 15 is 0 Å². The molecule has 2 saturated heterocycles. The highest BCUT2D eigenvalue weighted by Gasteiger charge is 2.49. The van der Waals surface area contributed by atoms with Crippen LogP contribution in [0.15, 0.2) is 89.8 Å². The number of carbonyl (C=O) groups excluding carboxylic acids is 2. The third-order valence-electron chi connectivity index (χ3n) is 10.2. The highest BCUT2D eigenvalue weighted by molar-refractivity contribution is 7.90. The van der Waals surface area contributed by atoms with Crippen molar-refractivity contribution in [2.24, 2.45) is 11.8 Å². The van der Waals surface area contributed by atoms with E-state index in [0.717, 1.165) is 68.4 Å². The summed E-state index contributed by atoms with van der Waals surface area (Å²) in [6.07, 6.45) is 7.02. The Kier molecular flexibility index (Phi) is 9.64. The van der Waals surface area contributed by atoms with Crippen LogP contribution >= 0.6 is 0 Å². The predicted molar refractivity (Wildman–Crippen MR) is 179 cm³/mol. The van der Waals surface area contributed by atoms with Crippen molar-refractivity contribution < 1.29 is 23.1 Å². The second-order valence-electron chi connectivity index (χ2n) is 13.4. The Balaban J connectivity index is 1.14. The summed E-state index contributed by atoms with van der Waals surface area (Å²) in [6.45, 7) is 3.12. The number of rotatable bonds is 9. The first-order valence-electron chi connectivity index (χ1n) is 16.6. The number of para-hydroxylation sites is 1. The fourth-order valence-corrected chi connectivity index (χ4v) is 8.33. The van der Waals surface area contributed by atoms with E-state index in [0.29, 0.717) is 19.6 Å². The maximum absolute atomic E-state index is 13.8. The van der Waals surface area contributed by atoms with Crippen LogP contribution in [0.2, 0.25) is 0 Å². The van der Waals surface area contributed by atoms with Crippen LogP contribution in [-0.2, 0) is 31.4 Å². The molecule has 9 heteroatoms. The number of aliphatic hydroxyl groups is 1. The first kappa shape index (κ1) is 32.4. The van der Waals surface area contributed by atoms with Gasteiger partial charge in [0.2, 0.25) is 11.8 Å². The van der Waals surface area contributed by atoms with Crippen LogP contribution in [0.1, 0.15) is 49.7 Å². The van der Waals surface area contributed by atoms with Crippen LogP contribution < -0.4 is 4.90 Å². The van der Waals surface area contributed by atoms with E-state index in [-0.39, 0.29) is 41.0 Å². The molecule has 244 valence electrons. The number of hydrogen-bond donors (Lipinski definition) is 1. The van der Waals surface area contributed by atoms with Gasteiger partial charge in [-0.3, -0.25) is 9.59 Å². The van der Waals surface area contributed by atoms with Crippen molar-refractivity contribution in [2.45, 2.75) is 61.5 Å². The Morgan fingerprint density at radius 3 is 2.09 bits per heavy atom. The molecule has 3 fully saturated rings. The van der Waals surface area contributed by atoms with Gasteiger partial charge >= 0.3 is 0 Å². The van der Waals surface area contributed by atoms with Gasteiger partial charge in [0.15, 0.2) is 9.84 Å². The van der Waals surface area contributed by atoms with E-state index in [4.69, 9.17) is 0 Å². The molecule has 0 bridgehead atoms. The van der Waals surface area contributed by atoms with Gasteiger partial charge in [0.25, 0.3) is 0 Å². The number of hydrogen-bond acceptors (Lipinski definition) is 6. The van der Waals surface area contributed by atoms with Crippen LogP contribution in [0.5, 0.6) is 0 Å². The first-order valence-corrected chi connectivity index (χ1v) is 18.5. The molecule has 2 atom stereocenters. The van der Waals surface area contributed by atoms with Crippen molar-refractivity contribution in [2.75, 3.05) is 43.9 Å². The van der Waals surface area contributed by atoms with Crippen LogP contribution in [0.3, 0.4) is 0 Å². The molecule has 2 amide bonds. The molecule has 0 unspecified atom stereocenters. The summed E-state index contributed by atoms with van der Waals surface area (Å²) in [7, 11) is -3.31. The molecule has 3 aromatic rings. The standard InChI is InChI=1S/C37H45N3O5S/c1-46(44,45)34-18-16-28(17-19-34)24-35(41)40(32-14-6-3-7-15-32)33-20-22-38(23-21-33)25-31-26-39(36(42)29-10-8-9-11-29)27-37(31,43)30-12-4-2-5-13-30/h2-7,12-19,29,31,33,43H,8-11,20-27H2,1H3/t31-,37-/m0/s1. The molecule has 8 nitrogen and oxygen atoms in total. The topological polar surface area (TPSA) is 98.2 Å². The second-order valence-corrected chi connectivity index (χ2v) is 15.4. The third kappa shape index (κ3) is 7.06. The van der Waals surface area contributed by atoms with Gasteiger partial charge in [0.1, 0.15) is 5.60 Å². The Labute approximate surface area is 272 Å². The fraction of sp³-hybridized carbons (Fsp3) is 0.459. The smallest absolute Gasteiger partial charge is 0.231 e. The molecule has 2 aliphatic heterocycles. The molecular weight excluding hydrogens is 598 g/mol. The molecule has 0 radical (unpaired) electrons. The van der Waals surface area contributed by atoms with Crippen LogP contribution in [0.25, 0.3) is 0 Å². The SMILES string of the molecule is CS(=O)(=O)c1ccc(CC(=O)N(c2ccccc2)C2CCN(C[C@H]3CN(C(=O)C4CCCC4)C[C@]3(O)c3ccccc3)CC2)cc1. The van der Waals surface area contributed by atoms with Gasteiger partial charge in [-0.15, -0.1) is 0 Å². The molecule has 0 aromatic heterocycles. The molecule has 0 spiro atoms. The Hall–Kier alpha value is -3.53. The summed E-state index contributed by atoms with van der Waals surface area (Å²) >= 11 is 0. The quantitative estimate of drug-likeness (QED) is 0.364.